The molecule has 2 heteroatoms. The first-order valence-electron chi connectivity index (χ1n) is 8.89. The van der Waals surface area contributed by atoms with E-state index in [2.05, 4.69) is 47.5 Å². The largest absolute Gasteiger partial charge is 0.311 e. The molecular weight excluding hydrogens is 256 g/mol. The van der Waals surface area contributed by atoms with E-state index in [9.17, 15) is 0 Å². The van der Waals surface area contributed by atoms with E-state index in [1.165, 1.54) is 63.6 Å². The van der Waals surface area contributed by atoms with Crippen LogP contribution in [0.15, 0.2) is 30.3 Å². The number of hydrogen-bond donors (Lipinski definition) is 1. The lowest BCUT2D eigenvalue weighted by molar-refractivity contribution is 0.145. The molecule has 3 rings (SSSR count). The minimum atomic E-state index is 0.812. The molecule has 2 saturated heterocycles. The van der Waals surface area contributed by atoms with Crippen LogP contribution in [0.2, 0.25) is 0 Å². The highest BCUT2D eigenvalue weighted by atomic mass is 15.2. The van der Waals surface area contributed by atoms with Crippen LogP contribution in [0.5, 0.6) is 0 Å². The number of nitrogens with zero attached hydrogens (tertiary/aromatic N) is 1. The van der Waals surface area contributed by atoms with Gasteiger partial charge < -0.3 is 10.2 Å². The van der Waals surface area contributed by atoms with Gasteiger partial charge in [0.15, 0.2) is 0 Å². The summed E-state index contributed by atoms with van der Waals surface area (Å²) in [5.74, 6) is 0. The smallest absolute Gasteiger partial charge is 0.0125 e. The maximum absolute atomic E-state index is 3.76. The lowest BCUT2D eigenvalue weighted by Gasteiger charge is -2.37. The average molecular weight is 286 g/mol. The number of unbranched alkanes of at least 4 members (excludes halogenated alkanes) is 1. The molecule has 2 heterocycles. The molecule has 2 nitrogen and oxygen atoms in total. The van der Waals surface area contributed by atoms with Crippen LogP contribution in [0.25, 0.3) is 0 Å². The highest BCUT2D eigenvalue weighted by molar-refractivity contribution is 5.14. The summed E-state index contributed by atoms with van der Waals surface area (Å²) in [4.78, 5) is 2.75. The number of piperidine rings is 1. The number of fused-ring (bicyclic) bond motifs is 2. The second-order valence-corrected chi connectivity index (χ2v) is 6.83. The summed E-state index contributed by atoms with van der Waals surface area (Å²) in [6, 6.07) is 13.4. The van der Waals surface area contributed by atoms with Gasteiger partial charge in [-0.1, -0.05) is 37.3 Å². The monoisotopic (exact) mass is 286 g/mol. The first-order chi connectivity index (χ1) is 10.3. The van der Waals surface area contributed by atoms with Crippen molar-refractivity contribution in [2.24, 2.45) is 0 Å². The summed E-state index contributed by atoms with van der Waals surface area (Å²) >= 11 is 0. The summed E-state index contributed by atoms with van der Waals surface area (Å²) in [5, 5.41) is 3.76. The first kappa shape index (κ1) is 15.1. The molecule has 0 amide bonds. The Hall–Kier alpha value is -0.860. The van der Waals surface area contributed by atoms with Gasteiger partial charge in [0.05, 0.1) is 0 Å². The molecule has 2 bridgehead atoms. The number of aryl methyl sites for hydroxylation is 1. The van der Waals surface area contributed by atoms with E-state index in [0.29, 0.717) is 0 Å². The fourth-order valence-corrected chi connectivity index (χ4v) is 4.21. The lowest BCUT2D eigenvalue weighted by atomic mass is 9.97. The van der Waals surface area contributed by atoms with Crippen molar-refractivity contribution in [1.29, 1.82) is 0 Å². The van der Waals surface area contributed by atoms with Crippen LogP contribution in [0.3, 0.4) is 0 Å². The van der Waals surface area contributed by atoms with Crippen LogP contribution in [-0.2, 0) is 6.42 Å². The fraction of sp³-hybridized carbons (Fsp3) is 0.684. The maximum Gasteiger partial charge on any atom is 0.0125 e. The van der Waals surface area contributed by atoms with Crippen LogP contribution >= 0.6 is 0 Å². The maximum atomic E-state index is 3.76. The van der Waals surface area contributed by atoms with Gasteiger partial charge in [0.1, 0.15) is 0 Å². The zero-order chi connectivity index (χ0) is 14.5. The second-order valence-electron chi connectivity index (χ2n) is 6.83. The van der Waals surface area contributed by atoms with Gasteiger partial charge >= 0.3 is 0 Å². The Morgan fingerprint density at radius 2 is 1.76 bits per heavy atom. The molecular formula is C19H30N2. The summed E-state index contributed by atoms with van der Waals surface area (Å²) in [5.41, 5.74) is 1.49. The Bertz CT molecular complexity index is 405. The SMILES string of the molecule is CCN(CCCCc1ccccc1)C1CC2CCC(C1)N2. The van der Waals surface area contributed by atoms with E-state index in [1.807, 2.05) is 0 Å². The quantitative estimate of drug-likeness (QED) is 0.770. The summed E-state index contributed by atoms with van der Waals surface area (Å²) in [7, 11) is 0. The summed E-state index contributed by atoms with van der Waals surface area (Å²) < 4.78 is 0. The van der Waals surface area contributed by atoms with Crippen molar-refractivity contribution in [2.75, 3.05) is 13.1 Å². The molecule has 0 radical (unpaired) electrons. The topological polar surface area (TPSA) is 15.3 Å². The van der Waals surface area contributed by atoms with Crippen LogP contribution in [0, 0.1) is 0 Å². The second kappa shape index (κ2) is 7.42. The number of rotatable bonds is 7. The third kappa shape index (κ3) is 4.08. The van der Waals surface area contributed by atoms with Crippen molar-refractivity contribution in [3.8, 4) is 0 Å². The molecule has 0 spiro atoms. The molecule has 1 aromatic rings. The van der Waals surface area contributed by atoms with Crippen molar-refractivity contribution < 1.29 is 0 Å². The van der Waals surface area contributed by atoms with Gasteiger partial charge in [0, 0.05) is 18.1 Å². The highest BCUT2D eigenvalue weighted by Gasteiger charge is 2.35. The van der Waals surface area contributed by atoms with Crippen molar-refractivity contribution >= 4 is 0 Å². The van der Waals surface area contributed by atoms with Crippen LogP contribution in [0.4, 0.5) is 0 Å². The highest BCUT2D eigenvalue weighted by Crippen LogP contribution is 2.29. The standard InChI is InChI=1S/C19H30N2/c1-2-21(19-14-17-11-12-18(15-19)20-17)13-7-6-10-16-8-4-3-5-9-16/h3-5,8-9,17-20H,2,6-7,10-15H2,1H3. The van der Waals surface area contributed by atoms with Gasteiger partial charge in [-0.05, 0) is 63.6 Å². The Morgan fingerprint density at radius 1 is 1.05 bits per heavy atom. The Morgan fingerprint density at radius 3 is 2.43 bits per heavy atom. The molecule has 1 N–H and O–H groups in total. The van der Waals surface area contributed by atoms with Gasteiger partial charge in [-0.15, -0.1) is 0 Å². The number of nitrogens with one attached hydrogen (secondary N) is 1. The average Bonchev–Trinajstić information content (AvgIpc) is 2.87. The molecule has 21 heavy (non-hydrogen) atoms. The molecule has 2 unspecified atom stereocenters. The Kier molecular flexibility index (Phi) is 5.32. The zero-order valence-electron chi connectivity index (χ0n) is 13.4. The van der Waals surface area contributed by atoms with Crippen LogP contribution < -0.4 is 5.32 Å². The molecule has 0 aromatic heterocycles. The van der Waals surface area contributed by atoms with Crippen molar-refractivity contribution in [1.82, 2.24) is 10.2 Å². The van der Waals surface area contributed by atoms with Crippen molar-refractivity contribution in [3.05, 3.63) is 35.9 Å². The molecule has 2 atom stereocenters. The Labute approximate surface area is 129 Å². The molecule has 1 aromatic carbocycles. The molecule has 116 valence electrons. The van der Waals surface area contributed by atoms with Gasteiger partial charge in [0.25, 0.3) is 0 Å². The lowest BCUT2D eigenvalue weighted by Crippen LogP contribution is -2.48. The van der Waals surface area contributed by atoms with Gasteiger partial charge in [-0.25, -0.2) is 0 Å². The first-order valence-corrected chi connectivity index (χ1v) is 8.89. The Balaban J connectivity index is 1.40. The van der Waals surface area contributed by atoms with Crippen LogP contribution in [0.1, 0.15) is 51.0 Å². The normalized spacial score (nSPS) is 28.2. The van der Waals surface area contributed by atoms with E-state index in [0.717, 1.165) is 18.1 Å². The third-order valence-electron chi connectivity index (χ3n) is 5.37. The summed E-state index contributed by atoms with van der Waals surface area (Å²) in [6.07, 6.45) is 9.46. The van der Waals surface area contributed by atoms with E-state index < -0.39 is 0 Å². The fourth-order valence-electron chi connectivity index (χ4n) is 4.21. The van der Waals surface area contributed by atoms with Crippen LogP contribution in [-0.4, -0.2) is 36.1 Å². The van der Waals surface area contributed by atoms with E-state index >= 15 is 0 Å². The van der Waals surface area contributed by atoms with Crippen molar-refractivity contribution in [2.45, 2.75) is 70.0 Å². The van der Waals surface area contributed by atoms with E-state index in [1.54, 1.807) is 0 Å². The van der Waals surface area contributed by atoms with Gasteiger partial charge in [-0.3, -0.25) is 0 Å². The molecule has 0 saturated carbocycles. The van der Waals surface area contributed by atoms with Gasteiger partial charge in [0.2, 0.25) is 0 Å². The number of hydrogen-bond acceptors (Lipinski definition) is 2. The molecule has 0 aliphatic carbocycles. The van der Waals surface area contributed by atoms with Gasteiger partial charge in [-0.2, -0.15) is 0 Å². The van der Waals surface area contributed by atoms with E-state index in [-0.39, 0.29) is 0 Å². The zero-order valence-corrected chi connectivity index (χ0v) is 13.4. The predicted molar refractivity (Wildman–Crippen MR) is 89.6 cm³/mol. The number of benzene rings is 1. The minimum Gasteiger partial charge on any atom is -0.311 e. The minimum absolute atomic E-state index is 0.812. The molecule has 2 aliphatic heterocycles. The van der Waals surface area contributed by atoms with E-state index in [4.69, 9.17) is 0 Å². The molecule has 2 fully saturated rings. The molecule has 2 aliphatic rings. The van der Waals surface area contributed by atoms with Crippen molar-refractivity contribution in [3.63, 3.8) is 0 Å². The third-order valence-corrected chi connectivity index (χ3v) is 5.37. The predicted octanol–water partition coefficient (Wildman–Crippen LogP) is 3.61. The summed E-state index contributed by atoms with van der Waals surface area (Å²) in [6.45, 7) is 4.84.